The van der Waals surface area contributed by atoms with Crippen molar-refractivity contribution in [1.29, 1.82) is 0 Å². The van der Waals surface area contributed by atoms with Crippen LogP contribution in [0.3, 0.4) is 0 Å². The number of rotatable bonds is 2. The number of carbonyl (C=O) groups excluding carboxylic acids is 1. The van der Waals surface area contributed by atoms with Gasteiger partial charge in [0.15, 0.2) is 0 Å². The molecule has 1 amide bonds. The third kappa shape index (κ3) is 2.50. The average Bonchev–Trinajstić information content (AvgIpc) is 2.78. The fourth-order valence-electron chi connectivity index (χ4n) is 2.26. The molecular formula is C16H12F2N2O. The van der Waals surface area contributed by atoms with E-state index in [0.29, 0.717) is 16.9 Å². The van der Waals surface area contributed by atoms with E-state index in [1.165, 1.54) is 36.4 Å². The number of nitrogens with one attached hydrogen (secondary N) is 2. The maximum Gasteiger partial charge on any atom is 0.272 e. The fraction of sp³-hybridized carbons (Fsp3) is 0.0625. The number of aromatic nitrogens is 1. The third-order valence-electron chi connectivity index (χ3n) is 3.35. The minimum Gasteiger partial charge on any atom is -0.350 e. The van der Waals surface area contributed by atoms with E-state index in [1.807, 2.05) is 0 Å². The van der Waals surface area contributed by atoms with Crippen LogP contribution in [0.1, 0.15) is 16.1 Å². The predicted octanol–water partition coefficient (Wildman–Crippen LogP) is 4.01. The number of hydrogen-bond acceptors (Lipinski definition) is 1. The van der Waals surface area contributed by atoms with Crippen molar-refractivity contribution in [2.24, 2.45) is 0 Å². The second-order valence-electron chi connectivity index (χ2n) is 4.78. The van der Waals surface area contributed by atoms with Gasteiger partial charge in [0.05, 0.1) is 0 Å². The Morgan fingerprint density at radius 2 is 1.71 bits per heavy atom. The lowest BCUT2D eigenvalue weighted by molar-refractivity contribution is 0.102. The van der Waals surface area contributed by atoms with Crippen molar-refractivity contribution < 1.29 is 13.6 Å². The summed E-state index contributed by atoms with van der Waals surface area (Å²) in [6, 6.07) is 9.81. The quantitative estimate of drug-likeness (QED) is 0.734. The summed E-state index contributed by atoms with van der Waals surface area (Å²) in [6.45, 7) is 1.79. The van der Waals surface area contributed by atoms with Crippen LogP contribution in [-0.4, -0.2) is 10.9 Å². The molecule has 2 aromatic carbocycles. The van der Waals surface area contributed by atoms with Gasteiger partial charge in [-0.3, -0.25) is 4.79 Å². The summed E-state index contributed by atoms with van der Waals surface area (Å²) in [4.78, 5) is 15.2. The highest BCUT2D eigenvalue weighted by atomic mass is 19.1. The molecule has 0 unspecified atom stereocenters. The Bertz CT molecular complexity index is 822. The van der Waals surface area contributed by atoms with Crippen LogP contribution in [0.2, 0.25) is 0 Å². The van der Waals surface area contributed by atoms with Crippen molar-refractivity contribution in [1.82, 2.24) is 4.98 Å². The van der Waals surface area contributed by atoms with E-state index in [0.717, 1.165) is 10.9 Å². The fourth-order valence-corrected chi connectivity index (χ4v) is 2.26. The molecular weight excluding hydrogens is 274 g/mol. The first-order valence-electron chi connectivity index (χ1n) is 6.39. The number of H-pyrrole nitrogens is 1. The Morgan fingerprint density at radius 3 is 2.43 bits per heavy atom. The standard InChI is InChI=1S/C16H12F2N2O/c1-9-13-7-4-11(18)8-14(13)20-15(9)16(21)19-12-5-2-10(17)3-6-12/h2-8,20H,1H3,(H,19,21). The second kappa shape index (κ2) is 5.01. The van der Waals surface area contributed by atoms with Gasteiger partial charge in [0, 0.05) is 16.6 Å². The molecule has 0 aliphatic rings. The van der Waals surface area contributed by atoms with Crippen LogP contribution in [-0.2, 0) is 0 Å². The summed E-state index contributed by atoms with van der Waals surface area (Å²) in [6.07, 6.45) is 0. The zero-order chi connectivity index (χ0) is 15.0. The molecule has 0 fully saturated rings. The summed E-state index contributed by atoms with van der Waals surface area (Å²) in [5.74, 6) is -1.09. The molecule has 1 aromatic heterocycles. The number of carbonyl (C=O) groups is 1. The molecule has 0 saturated carbocycles. The van der Waals surface area contributed by atoms with Gasteiger partial charge >= 0.3 is 0 Å². The zero-order valence-electron chi connectivity index (χ0n) is 11.2. The minimum atomic E-state index is -0.370. The Morgan fingerprint density at radius 1 is 1.05 bits per heavy atom. The zero-order valence-corrected chi connectivity index (χ0v) is 11.2. The van der Waals surface area contributed by atoms with Gasteiger partial charge in [0.2, 0.25) is 0 Å². The van der Waals surface area contributed by atoms with E-state index in [4.69, 9.17) is 0 Å². The first-order valence-corrected chi connectivity index (χ1v) is 6.39. The van der Waals surface area contributed by atoms with Gasteiger partial charge in [-0.1, -0.05) is 0 Å². The normalized spacial score (nSPS) is 10.8. The number of anilines is 1. The lowest BCUT2D eigenvalue weighted by atomic mass is 10.1. The minimum absolute atomic E-state index is 0.351. The molecule has 3 aromatic rings. The first-order chi connectivity index (χ1) is 10.0. The van der Waals surface area contributed by atoms with Gasteiger partial charge in [-0.2, -0.15) is 0 Å². The SMILES string of the molecule is Cc1c(C(=O)Nc2ccc(F)cc2)[nH]c2cc(F)ccc12. The van der Waals surface area contributed by atoms with Crippen LogP contribution in [0.25, 0.3) is 10.9 Å². The van der Waals surface area contributed by atoms with Crippen molar-refractivity contribution in [2.75, 3.05) is 5.32 Å². The van der Waals surface area contributed by atoms with E-state index >= 15 is 0 Å². The van der Waals surface area contributed by atoms with E-state index in [9.17, 15) is 13.6 Å². The van der Waals surface area contributed by atoms with E-state index in [1.54, 1.807) is 13.0 Å². The average molecular weight is 286 g/mol. The lowest BCUT2D eigenvalue weighted by Crippen LogP contribution is -2.13. The second-order valence-corrected chi connectivity index (χ2v) is 4.78. The molecule has 5 heteroatoms. The monoisotopic (exact) mass is 286 g/mol. The maximum atomic E-state index is 13.2. The summed E-state index contributed by atoms with van der Waals surface area (Å²) >= 11 is 0. The van der Waals surface area contributed by atoms with Crippen molar-refractivity contribution >= 4 is 22.5 Å². The largest absolute Gasteiger partial charge is 0.350 e. The Labute approximate surface area is 119 Å². The molecule has 0 aliphatic carbocycles. The smallest absolute Gasteiger partial charge is 0.272 e. The number of aromatic amines is 1. The maximum absolute atomic E-state index is 13.2. The van der Waals surface area contributed by atoms with Gasteiger partial charge in [0.25, 0.3) is 5.91 Å². The van der Waals surface area contributed by atoms with Gasteiger partial charge in [-0.15, -0.1) is 0 Å². The Balaban J connectivity index is 1.94. The van der Waals surface area contributed by atoms with Crippen molar-refractivity contribution in [2.45, 2.75) is 6.92 Å². The molecule has 106 valence electrons. The van der Waals surface area contributed by atoms with Gasteiger partial charge in [0.1, 0.15) is 17.3 Å². The number of aryl methyl sites for hydroxylation is 1. The lowest BCUT2D eigenvalue weighted by Gasteiger charge is -2.04. The van der Waals surface area contributed by atoms with Crippen LogP contribution in [0.5, 0.6) is 0 Å². The van der Waals surface area contributed by atoms with Crippen LogP contribution in [0, 0.1) is 18.6 Å². The van der Waals surface area contributed by atoms with Gasteiger partial charge in [-0.05, 0) is 55.0 Å². The topological polar surface area (TPSA) is 44.9 Å². The van der Waals surface area contributed by atoms with Crippen LogP contribution in [0.15, 0.2) is 42.5 Å². The Hall–Kier alpha value is -2.69. The van der Waals surface area contributed by atoms with E-state index in [2.05, 4.69) is 10.3 Å². The van der Waals surface area contributed by atoms with Crippen LogP contribution < -0.4 is 5.32 Å². The molecule has 3 rings (SSSR count). The third-order valence-corrected chi connectivity index (χ3v) is 3.35. The number of halogens is 2. The number of benzene rings is 2. The highest BCUT2D eigenvalue weighted by Gasteiger charge is 2.15. The van der Waals surface area contributed by atoms with Crippen LogP contribution in [0.4, 0.5) is 14.5 Å². The molecule has 1 heterocycles. The van der Waals surface area contributed by atoms with Gasteiger partial charge < -0.3 is 10.3 Å². The molecule has 0 radical (unpaired) electrons. The molecule has 0 spiro atoms. The molecule has 21 heavy (non-hydrogen) atoms. The summed E-state index contributed by atoms with van der Waals surface area (Å²) in [5.41, 5.74) is 2.16. The summed E-state index contributed by atoms with van der Waals surface area (Å²) in [7, 11) is 0. The Kier molecular flexibility index (Phi) is 3.17. The van der Waals surface area contributed by atoms with Gasteiger partial charge in [-0.25, -0.2) is 8.78 Å². The molecule has 0 aliphatic heterocycles. The number of fused-ring (bicyclic) bond motifs is 1. The first kappa shape index (κ1) is 13.3. The van der Waals surface area contributed by atoms with E-state index < -0.39 is 0 Å². The molecule has 3 nitrogen and oxygen atoms in total. The highest BCUT2D eigenvalue weighted by molar-refractivity contribution is 6.07. The summed E-state index contributed by atoms with van der Waals surface area (Å²) < 4.78 is 26.0. The highest BCUT2D eigenvalue weighted by Crippen LogP contribution is 2.23. The van der Waals surface area contributed by atoms with Crippen LogP contribution >= 0.6 is 0 Å². The number of hydrogen-bond donors (Lipinski definition) is 2. The van der Waals surface area contributed by atoms with Crippen molar-refractivity contribution in [3.63, 3.8) is 0 Å². The number of amides is 1. The van der Waals surface area contributed by atoms with Crippen molar-refractivity contribution in [3.05, 3.63) is 65.4 Å². The molecule has 0 saturated heterocycles. The summed E-state index contributed by atoms with van der Waals surface area (Å²) in [5, 5.41) is 3.46. The van der Waals surface area contributed by atoms with E-state index in [-0.39, 0.29) is 17.5 Å². The van der Waals surface area contributed by atoms with Crippen molar-refractivity contribution in [3.8, 4) is 0 Å². The molecule has 0 bridgehead atoms. The molecule has 0 atom stereocenters. The predicted molar refractivity (Wildman–Crippen MR) is 77.3 cm³/mol. The molecule has 2 N–H and O–H groups in total.